The van der Waals surface area contributed by atoms with E-state index in [1.807, 2.05) is 0 Å². The summed E-state index contributed by atoms with van der Waals surface area (Å²) < 4.78 is 24.4. The van der Waals surface area contributed by atoms with Gasteiger partial charge in [-0.2, -0.15) is 9.78 Å². The van der Waals surface area contributed by atoms with Gasteiger partial charge < -0.3 is 18.6 Å². The van der Waals surface area contributed by atoms with Gasteiger partial charge in [-0.3, -0.25) is 4.79 Å². The molecule has 0 radical (unpaired) electrons. The van der Waals surface area contributed by atoms with Gasteiger partial charge in [0.15, 0.2) is 23.4 Å². The monoisotopic (exact) mass is 623 g/mol. The van der Waals surface area contributed by atoms with Crippen molar-refractivity contribution < 1.29 is 23.4 Å². The van der Waals surface area contributed by atoms with Gasteiger partial charge in [0.2, 0.25) is 5.82 Å². The molecule has 5 aromatic rings. The van der Waals surface area contributed by atoms with E-state index >= 15 is 0 Å². The first-order chi connectivity index (χ1) is 19.3. The third kappa shape index (κ3) is 5.45. The summed E-state index contributed by atoms with van der Waals surface area (Å²) in [6.07, 6.45) is 0.506. The Morgan fingerprint density at radius 2 is 2.00 bits per heavy atom. The van der Waals surface area contributed by atoms with Crippen LogP contribution in [0.2, 0.25) is 5.02 Å². The zero-order chi connectivity index (χ0) is 28.4. The number of carbonyl (C=O) groups is 1. The van der Waals surface area contributed by atoms with Crippen LogP contribution in [0.4, 0.5) is 0 Å². The second kappa shape index (κ2) is 11.5. The van der Waals surface area contributed by atoms with E-state index in [9.17, 15) is 9.59 Å². The number of benzene rings is 3. The summed E-state index contributed by atoms with van der Waals surface area (Å²) >= 11 is 9.62. The maximum absolute atomic E-state index is 13.6. The minimum absolute atomic E-state index is 0.191. The van der Waals surface area contributed by atoms with Crippen molar-refractivity contribution in [1.29, 1.82) is 0 Å². The van der Waals surface area contributed by atoms with Crippen LogP contribution in [0.15, 0.2) is 79.4 Å². The molecule has 0 aliphatic carbocycles. The summed E-state index contributed by atoms with van der Waals surface area (Å²) in [5.74, 6) is 0.591. The predicted octanol–water partition coefficient (Wildman–Crippen LogP) is 6.45. The molecule has 2 aromatic heterocycles. The van der Waals surface area contributed by atoms with Gasteiger partial charge in [0.25, 0.3) is 5.56 Å². The van der Waals surface area contributed by atoms with Gasteiger partial charge in [0.05, 0.1) is 30.8 Å². The van der Waals surface area contributed by atoms with Crippen molar-refractivity contribution in [3.05, 3.63) is 86.1 Å². The minimum Gasteiger partial charge on any atom is -0.493 e. The summed E-state index contributed by atoms with van der Waals surface area (Å²) in [5.41, 5.74) is 1.10. The average Bonchev–Trinajstić information content (AvgIpc) is 3.36. The number of fused-ring (bicyclic) bond motifs is 2. The number of halogens is 2. The maximum Gasteiger partial charge on any atom is 0.347 e. The Morgan fingerprint density at radius 1 is 1.20 bits per heavy atom. The minimum atomic E-state index is -0.926. The fraction of sp³-hybridized carbons (Fsp3) is 0.172. The summed E-state index contributed by atoms with van der Waals surface area (Å²) in [6.45, 7) is 3.50. The van der Waals surface area contributed by atoms with E-state index in [-0.39, 0.29) is 18.2 Å². The molecule has 2 heterocycles. The number of hydrogen-bond acceptors (Lipinski definition) is 8. The predicted molar refractivity (Wildman–Crippen MR) is 157 cm³/mol. The number of hydrogen-bond donors (Lipinski definition) is 0. The molecule has 0 fully saturated rings. The van der Waals surface area contributed by atoms with Crippen LogP contribution < -0.4 is 15.0 Å². The van der Waals surface area contributed by atoms with Gasteiger partial charge in [-0.25, -0.2) is 9.78 Å². The van der Waals surface area contributed by atoms with Gasteiger partial charge in [0.1, 0.15) is 5.58 Å². The highest BCUT2D eigenvalue weighted by Crippen LogP contribution is 2.35. The first kappa shape index (κ1) is 27.4. The van der Waals surface area contributed by atoms with Crippen molar-refractivity contribution in [2.45, 2.75) is 20.0 Å². The Bertz CT molecular complexity index is 1830. The molecule has 11 heteroatoms. The quantitative estimate of drug-likeness (QED) is 0.144. The van der Waals surface area contributed by atoms with Crippen LogP contribution in [0, 0.1) is 0 Å². The first-order valence-electron chi connectivity index (χ1n) is 12.3. The number of nitrogens with zero attached hydrogens (tertiary/aromatic N) is 3. The molecule has 5 rings (SSSR count). The van der Waals surface area contributed by atoms with Crippen molar-refractivity contribution in [2.24, 2.45) is 5.10 Å². The Hall–Kier alpha value is -4.15. The first-order valence-corrected chi connectivity index (χ1v) is 13.4. The molecule has 0 N–H and O–H groups in total. The number of aromatic nitrogens is 2. The Balaban J connectivity index is 1.67. The van der Waals surface area contributed by atoms with E-state index in [0.717, 1.165) is 10.1 Å². The number of ether oxygens (including phenoxy) is 3. The summed E-state index contributed by atoms with van der Waals surface area (Å²) in [4.78, 5) is 30.6. The third-order valence-electron chi connectivity index (χ3n) is 5.95. The molecule has 0 bridgehead atoms. The average molecular weight is 625 g/mol. The number of furan rings is 1. The lowest BCUT2D eigenvalue weighted by atomic mass is 10.2. The molecule has 204 valence electrons. The zero-order valence-electron chi connectivity index (χ0n) is 21.7. The molecule has 0 amide bonds. The normalized spacial score (nSPS) is 12.2. The van der Waals surface area contributed by atoms with Crippen LogP contribution in [-0.4, -0.2) is 41.7 Å². The number of rotatable bonds is 8. The van der Waals surface area contributed by atoms with E-state index in [1.54, 1.807) is 74.5 Å². The smallest absolute Gasteiger partial charge is 0.347 e. The van der Waals surface area contributed by atoms with Crippen LogP contribution in [-0.2, 0) is 9.53 Å². The fourth-order valence-corrected chi connectivity index (χ4v) is 4.72. The van der Waals surface area contributed by atoms with E-state index in [4.69, 9.17) is 35.2 Å². The molecular weight excluding hydrogens is 602 g/mol. The van der Waals surface area contributed by atoms with Crippen molar-refractivity contribution >= 4 is 61.6 Å². The van der Waals surface area contributed by atoms with Crippen LogP contribution >= 0.6 is 27.5 Å². The molecule has 40 heavy (non-hydrogen) atoms. The molecule has 0 saturated heterocycles. The highest BCUT2D eigenvalue weighted by atomic mass is 79.9. The molecule has 0 aliphatic rings. The number of esters is 1. The molecular formula is C29H23BrClN3O6. The second-order valence-corrected chi connectivity index (χ2v) is 10.00. The standard InChI is InChI=1S/C29H23BrClN3O6/c1-4-38-29(36)16(2)39-26-18(11-19(30)14-24(26)37-3)15-32-34-27(33-22-8-6-5-7-21(22)28(34)35)25-13-17-12-20(31)9-10-23(17)40-25/h5-16H,4H2,1-3H3/t16-/m0/s1. The second-order valence-electron chi connectivity index (χ2n) is 8.65. The maximum atomic E-state index is 13.6. The SMILES string of the molecule is CCOC(=O)[C@H](C)Oc1c(C=Nn2c(-c3cc4cc(Cl)ccc4o3)nc3ccccc3c2=O)cc(Br)cc1OC. The number of methoxy groups -OCH3 is 1. The van der Waals surface area contributed by atoms with E-state index in [0.29, 0.717) is 43.1 Å². The molecule has 0 aliphatic heterocycles. The van der Waals surface area contributed by atoms with Crippen LogP contribution in [0.3, 0.4) is 0 Å². The number of carbonyl (C=O) groups excluding carboxylic acids is 1. The van der Waals surface area contributed by atoms with Gasteiger partial charge in [-0.05, 0) is 62.4 Å². The largest absolute Gasteiger partial charge is 0.493 e. The van der Waals surface area contributed by atoms with Crippen molar-refractivity contribution in [1.82, 2.24) is 9.66 Å². The summed E-state index contributed by atoms with van der Waals surface area (Å²) in [7, 11) is 1.48. The Kier molecular flexibility index (Phi) is 7.90. The highest BCUT2D eigenvalue weighted by Gasteiger charge is 2.22. The summed E-state index contributed by atoms with van der Waals surface area (Å²) in [6, 6.07) is 17.4. The van der Waals surface area contributed by atoms with Gasteiger partial charge in [-0.15, -0.1) is 0 Å². The summed E-state index contributed by atoms with van der Waals surface area (Å²) in [5, 5.41) is 6.19. The van der Waals surface area contributed by atoms with Crippen molar-refractivity contribution in [2.75, 3.05) is 13.7 Å². The van der Waals surface area contributed by atoms with Crippen molar-refractivity contribution in [3.8, 4) is 23.1 Å². The highest BCUT2D eigenvalue weighted by molar-refractivity contribution is 9.10. The van der Waals surface area contributed by atoms with E-state index in [1.165, 1.54) is 13.3 Å². The van der Waals surface area contributed by atoms with Gasteiger partial charge in [0, 0.05) is 20.4 Å². The van der Waals surface area contributed by atoms with Gasteiger partial charge in [-0.1, -0.05) is 39.7 Å². The topological polar surface area (TPSA) is 105 Å². The Labute approximate surface area is 242 Å². The van der Waals surface area contributed by atoms with Gasteiger partial charge >= 0.3 is 5.97 Å². The lowest BCUT2D eigenvalue weighted by Gasteiger charge is -2.18. The molecule has 1 atom stereocenters. The molecule has 3 aromatic carbocycles. The molecule has 0 unspecified atom stereocenters. The zero-order valence-corrected chi connectivity index (χ0v) is 24.0. The lowest BCUT2D eigenvalue weighted by molar-refractivity contribution is -0.150. The van der Waals surface area contributed by atoms with E-state index < -0.39 is 17.6 Å². The number of para-hydroxylation sites is 1. The Morgan fingerprint density at radius 3 is 2.77 bits per heavy atom. The lowest BCUT2D eigenvalue weighted by Crippen LogP contribution is -2.26. The molecule has 9 nitrogen and oxygen atoms in total. The van der Waals surface area contributed by atoms with Crippen LogP contribution in [0.1, 0.15) is 19.4 Å². The fourth-order valence-electron chi connectivity index (χ4n) is 4.08. The molecule has 0 spiro atoms. The van der Waals surface area contributed by atoms with Crippen LogP contribution in [0.25, 0.3) is 33.5 Å². The molecule has 0 saturated carbocycles. The van der Waals surface area contributed by atoms with E-state index in [2.05, 4.69) is 21.0 Å². The third-order valence-corrected chi connectivity index (χ3v) is 6.64. The van der Waals surface area contributed by atoms with Crippen LogP contribution in [0.5, 0.6) is 11.5 Å². The van der Waals surface area contributed by atoms with Crippen molar-refractivity contribution in [3.63, 3.8) is 0 Å².